The normalized spacial score (nSPS) is 9.77. The number of terminal acetylenes is 1. The first-order valence-corrected chi connectivity index (χ1v) is 3.61. The highest BCUT2D eigenvalue weighted by Gasteiger charge is 2.01. The van der Waals surface area contributed by atoms with Crippen molar-refractivity contribution in [2.75, 3.05) is 0 Å². The quantitative estimate of drug-likeness (QED) is 0.391. The number of benzene rings is 1. The molecule has 0 N–H and O–H groups in total. The standard InChI is InChI=1S/C10H7NO2/c1-2-3-4-9-5-7-10(8-6-9)11(12)13/h1,3-8H/b4-3-. The van der Waals surface area contributed by atoms with E-state index in [1.54, 1.807) is 24.3 Å². The molecule has 1 aromatic rings. The lowest BCUT2D eigenvalue weighted by molar-refractivity contribution is -0.384. The summed E-state index contributed by atoms with van der Waals surface area (Å²) in [4.78, 5) is 9.85. The number of allylic oxidation sites excluding steroid dienone is 1. The second-order valence-corrected chi connectivity index (χ2v) is 2.35. The number of rotatable bonds is 2. The second-order valence-electron chi connectivity index (χ2n) is 2.35. The first kappa shape index (κ1) is 9.01. The molecular weight excluding hydrogens is 166 g/mol. The van der Waals surface area contributed by atoms with Gasteiger partial charge in [-0.15, -0.1) is 6.42 Å². The van der Waals surface area contributed by atoms with Crippen molar-refractivity contribution in [2.24, 2.45) is 0 Å². The van der Waals surface area contributed by atoms with Gasteiger partial charge in [-0.1, -0.05) is 5.92 Å². The summed E-state index contributed by atoms with van der Waals surface area (Å²) < 4.78 is 0. The van der Waals surface area contributed by atoms with Gasteiger partial charge in [-0.25, -0.2) is 0 Å². The zero-order chi connectivity index (χ0) is 9.68. The molecule has 1 aromatic carbocycles. The summed E-state index contributed by atoms with van der Waals surface area (Å²) in [6, 6.07) is 6.17. The van der Waals surface area contributed by atoms with Gasteiger partial charge < -0.3 is 0 Å². The van der Waals surface area contributed by atoms with Crippen molar-refractivity contribution >= 4 is 11.8 Å². The largest absolute Gasteiger partial charge is 0.269 e. The van der Waals surface area contributed by atoms with E-state index in [1.165, 1.54) is 12.1 Å². The Morgan fingerprint density at radius 2 is 2.00 bits per heavy atom. The predicted molar refractivity (Wildman–Crippen MR) is 51.0 cm³/mol. The van der Waals surface area contributed by atoms with Gasteiger partial charge in [0.15, 0.2) is 0 Å². The molecule has 0 saturated heterocycles. The van der Waals surface area contributed by atoms with Gasteiger partial charge in [-0.3, -0.25) is 10.1 Å². The fourth-order valence-electron chi connectivity index (χ4n) is 0.851. The number of non-ortho nitro benzene ring substituents is 1. The summed E-state index contributed by atoms with van der Waals surface area (Å²) in [5.41, 5.74) is 0.932. The molecule has 0 aliphatic rings. The fraction of sp³-hybridized carbons (Fsp3) is 0. The van der Waals surface area contributed by atoms with E-state index in [0.29, 0.717) is 0 Å². The average molecular weight is 173 g/mol. The van der Waals surface area contributed by atoms with E-state index in [4.69, 9.17) is 6.42 Å². The first-order chi connectivity index (χ1) is 6.24. The minimum atomic E-state index is -0.436. The molecule has 0 radical (unpaired) electrons. The molecule has 0 heterocycles. The maximum atomic E-state index is 10.3. The Hall–Kier alpha value is -2.08. The van der Waals surface area contributed by atoms with Crippen molar-refractivity contribution in [3.8, 4) is 12.3 Å². The van der Waals surface area contributed by atoms with Gasteiger partial charge in [-0.05, 0) is 29.8 Å². The summed E-state index contributed by atoms with van der Waals surface area (Å²) in [7, 11) is 0. The molecular formula is C10H7NO2. The lowest BCUT2D eigenvalue weighted by atomic mass is 10.2. The van der Waals surface area contributed by atoms with Crippen LogP contribution in [0.4, 0.5) is 5.69 Å². The Labute approximate surface area is 75.9 Å². The van der Waals surface area contributed by atoms with Gasteiger partial charge in [0.25, 0.3) is 5.69 Å². The highest BCUT2D eigenvalue weighted by molar-refractivity contribution is 5.54. The maximum Gasteiger partial charge on any atom is 0.269 e. The molecule has 0 atom stereocenters. The molecule has 13 heavy (non-hydrogen) atoms. The van der Waals surface area contributed by atoms with Crippen LogP contribution < -0.4 is 0 Å². The van der Waals surface area contributed by atoms with Crippen LogP contribution in [0.3, 0.4) is 0 Å². The Morgan fingerprint density at radius 3 is 2.46 bits per heavy atom. The SMILES string of the molecule is C#C/C=C\c1ccc([N+](=O)[O-])cc1. The summed E-state index contributed by atoms with van der Waals surface area (Å²) in [5.74, 6) is 2.34. The van der Waals surface area contributed by atoms with E-state index < -0.39 is 4.92 Å². The van der Waals surface area contributed by atoms with Crippen molar-refractivity contribution < 1.29 is 4.92 Å². The molecule has 0 spiro atoms. The van der Waals surface area contributed by atoms with Crippen LogP contribution in [0.15, 0.2) is 30.3 Å². The summed E-state index contributed by atoms with van der Waals surface area (Å²) >= 11 is 0. The van der Waals surface area contributed by atoms with Crippen molar-refractivity contribution in [3.63, 3.8) is 0 Å². The van der Waals surface area contributed by atoms with Crippen molar-refractivity contribution in [2.45, 2.75) is 0 Å². The number of hydrogen-bond donors (Lipinski definition) is 0. The van der Waals surface area contributed by atoms with E-state index in [-0.39, 0.29) is 5.69 Å². The van der Waals surface area contributed by atoms with Crippen LogP contribution in [-0.2, 0) is 0 Å². The molecule has 64 valence electrons. The van der Waals surface area contributed by atoms with Crippen molar-refractivity contribution in [1.29, 1.82) is 0 Å². The third-order valence-corrected chi connectivity index (χ3v) is 1.48. The van der Waals surface area contributed by atoms with Crippen LogP contribution in [0.5, 0.6) is 0 Å². The average Bonchev–Trinajstić information content (AvgIpc) is 2.15. The molecule has 0 aromatic heterocycles. The zero-order valence-electron chi connectivity index (χ0n) is 6.81. The Bertz CT molecular complexity index is 371. The Kier molecular flexibility index (Phi) is 2.82. The monoisotopic (exact) mass is 173 g/mol. The second kappa shape index (κ2) is 4.07. The number of nitrogens with zero attached hydrogens (tertiary/aromatic N) is 1. The summed E-state index contributed by atoms with van der Waals surface area (Å²) in [5, 5.41) is 10.3. The van der Waals surface area contributed by atoms with Crippen LogP contribution in [0.25, 0.3) is 6.08 Å². The third kappa shape index (κ3) is 2.46. The van der Waals surface area contributed by atoms with E-state index in [9.17, 15) is 10.1 Å². The molecule has 1 rings (SSSR count). The van der Waals surface area contributed by atoms with E-state index >= 15 is 0 Å². The number of nitro benzene ring substituents is 1. The van der Waals surface area contributed by atoms with Gasteiger partial charge in [0.2, 0.25) is 0 Å². The van der Waals surface area contributed by atoms with E-state index in [0.717, 1.165) is 5.56 Å². The zero-order valence-corrected chi connectivity index (χ0v) is 6.81. The van der Waals surface area contributed by atoms with Gasteiger partial charge in [0, 0.05) is 12.1 Å². The summed E-state index contributed by atoms with van der Waals surface area (Å²) in [6.45, 7) is 0. The lowest BCUT2D eigenvalue weighted by Gasteiger charge is -1.91. The Morgan fingerprint density at radius 1 is 1.38 bits per heavy atom. The molecule has 3 heteroatoms. The smallest absolute Gasteiger partial charge is 0.258 e. The molecule has 0 aliphatic carbocycles. The Balaban J connectivity index is 2.89. The van der Waals surface area contributed by atoms with Gasteiger partial charge in [0.1, 0.15) is 0 Å². The predicted octanol–water partition coefficient (Wildman–Crippen LogP) is 2.24. The summed E-state index contributed by atoms with van der Waals surface area (Å²) in [6.07, 6.45) is 8.26. The first-order valence-electron chi connectivity index (χ1n) is 3.61. The van der Waals surface area contributed by atoms with Crippen LogP contribution in [-0.4, -0.2) is 4.92 Å². The molecule has 0 amide bonds. The highest BCUT2D eigenvalue weighted by atomic mass is 16.6. The molecule has 0 aliphatic heterocycles. The van der Waals surface area contributed by atoms with Gasteiger partial charge in [-0.2, -0.15) is 0 Å². The number of hydrogen-bond acceptors (Lipinski definition) is 2. The fourth-order valence-corrected chi connectivity index (χ4v) is 0.851. The van der Waals surface area contributed by atoms with E-state index in [2.05, 4.69) is 5.92 Å². The minimum absolute atomic E-state index is 0.0813. The molecule has 0 fully saturated rings. The van der Waals surface area contributed by atoms with Crippen LogP contribution in [0, 0.1) is 22.5 Å². The molecule has 0 saturated carbocycles. The van der Waals surface area contributed by atoms with Crippen molar-refractivity contribution in [1.82, 2.24) is 0 Å². The molecule has 0 bridgehead atoms. The van der Waals surface area contributed by atoms with Crippen LogP contribution in [0.1, 0.15) is 5.56 Å². The van der Waals surface area contributed by atoms with Crippen LogP contribution in [0.2, 0.25) is 0 Å². The third-order valence-electron chi connectivity index (χ3n) is 1.48. The molecule has 3 nitrogen and oxygen atoms in total. The van der Waals surface area contributed by atoms with E-state index in [1.807, 2.05) is 0 Å². The van der Waals surface area contributed by atoms with Gasteiger partial charge in [0.05, 0.1) is 4.92 Å². The van der Waals surface area contributed by atoms with Crippen molar-refractivity contribution in [3.05, 3.63) is 46.0 Å². The molecule has 0 unspecified atom stereocenters. The van der Waals surface area contributed by atoms with Crippen LogP contribution >= 0.6 is 0 Å². The maximum absolute atomic E-state index is 10.3. The van der Waals surface area contributed by atoms with Gasteiger partial charge >= 0.3 is 0 Å². The minimum Gasteiger partial charge on any atom is -0.258 e. The topological polar surface area (TPSA) is 43.1 Å². The lowest BCUT2D eigenvalue weighted by Crippen LogP contribution is -1.86. The number of nitro groups is 1. The highest BCUT2D eigenvalue weighted by Crippen LogP contribution is 2.12.